The third-order valence-electron chi connectivity index (χ3n) is 6.67. The number of hydrogen-bond acceptors (Lipinski definition) is 6. The molecule has 1 saturated heterocycles. The fourth-order valence-electron chi connectivity index (χ4n) is 4.90. The Bertz CT molecular complexity index is 1420. The Morgan fingerprint density at radius 1 is 1.19 bits per heavy atom. The van der Waals surface area contributed by atoms with Crippen LogP contribution >= 0.6 is 23.2 Å². The summed E-state index contributed by atoms with van der Waals surface area (Å²) < 4.78 is 86.4. The minimum absolute atomic E-state index is 0.0244. The molecular weight excluding hydrogens is 563 g/mol. The molecule has 2 aromatic rings. The molecule has 1 spiro atoms. The zero-order chi connectivity index (χ0) is 27.0. The van der Waals surface area contributed by atoms with Gasteiger partial charge < -0.3 is 14.5 Å². The predicted octanol–water partition coefficient (Wildman–Crippen LogP) is 4.52. The molecule has 3 heterocycles. The smallest absolute Gasteiger partial charge is 0.374 e. The molecule has 7 nitrogen and oxygen atoms in total. The van der Waals surface area contributed by atoms with Crippen molar-refractivity contribution in [2.24, 2.45) is 5.16 Å². The predicted molar refractivity (Wildman–Crippen MR) is 126 cm³/mol. The Hall–Kier alpha value is -2.41. The van der Waals surface area contributed by atoms with Gasteiger partial charge in [0.1, 0.15) is 17.5 Å². The summed E-state index contributed by atoms with van der Waals surface area (Å²) in [5, 5.41) is 2.55. The topological polar surface area (TPSA) is 85.3 Å². The van der Waals surface area contributed by atoms with E-state index >= 15 is 0 Å². The summed E-state index contributed by atoms with van der Waals surface area (Å²) in [7, 11) is -3.54. The minimum atomic E-state index is -4.98. The molecular formula is C23H18Cl2F4N2O5S. The molecule has 2 atom stereocenters. The van der Waals surface area contributed by atoms with Gasteiger partial charge in [-0.25, -0.2) is 12.8 Å². The van der Waals surface area contributed by atoms with E-state index in [1.807, 2.05) is 0 Å². The molecule has 0 bridgehead atoms. The van der Waals surface area contributed by atoms with E-state index in [2.05, 4.69) is 5.16 Å². The van der Waals surface area contributed by atoms with Crippen molar-refractivity contribution in [1.29, 1.82) is 0 Å². The largest absolute Gasteiger partial charge is 0.435 e. The minimum Gasteiger partial charge on any atom is -0.374 e. The second-order valence-electron chi connectivity index (χ2n) is 9.33. The van der Waals surface area contributed by atoms with Gasteiger partial charge in [0.15, 0.2) is 15.7 Å². The zero-order valence-electron chi connectivity index (χ0n) is 19.0. The molecule has 0 saturated carbocycles. The third kappa shape index (κ3) is 4.27. The zero-order valence-corrected chi connectivity index (χ0v) is 21.3. The highest BCUT2D eigenvalue weighted by molar-refractivity contribution is 7.91. The molecule has 198 valence electrons. The number of ether oxygens (including phenoxy) is 1. The van der Waals surface area contributed by atoms with Crippen LogP contribution < -0.4 is 0 Å². The second-order valence-corrected chi connectivity index (χ2v) is 12.3. The molecule has 37 heavy (non-hydrogen) atoms. The van der Waals surface area contributed by atoms with Gasteiger partial charge in [0.05, 0.1) is 28.8 Å². The Kier molecular flexibility index (Phi) is 6.06. The maximum absolute atomic E-state index is 14.4. The molecule has 0 aliphatic carbocycles. The summed E-state index contributed by atoms with van der Waals surface area (Å²) in [6.07, 6.45) is -5.84. The van der Waals surface area contributed by atoms with Crippen LogP contribution in [0.3, 0.4) is 0 Å². The summed E-state index contributed by atoms with van der Waals surface area (Å²) in [6.45, 7) is 0.0488. The summed E-state index contributed by atoms with van der Waals surface area (Å²) >= 11 is 11.5. The molecule has 0 N–H and O–H groups in total. The van der Waals surface area contributed by atoms with E-state index in [0.717, 1.165) is 18.4 Å². The van der Waals surface area contributed by atoms with E-state index in [0.29, 0.717) is 11.1 Å². The number of amides is 1. The highest BCUT2D eigenvalue weighted by Gasteiger charge is 2.64. The summed E-state index contributed by atoms with van der Waals surface area (Å²) in [6, 6.07) is 8.43. The molecule has 14 heteroatoms. The van der Waals surface area contributed by atoms with Crippen molar-refractivity contribution in [2.45, 2.75) is 29.9 Å². The van der Waals surface area contributed by atoms with Crippen LogP contribution in [0, 0.1) is 5.82 Å². The standard InChI is InChI=1S/C23H18Cl2F4N2O5S/c1-37(33,34)9-18(32)31-10-21(11-31)14-5-3-2-4-13(14)20(35-21)17-8-22(36-30-17,23(27,28)29)12-6-15(24)19(26)16(25)7-12/h2-7,20H,8-11H2,1H3/t20?,22-/m0/s1. The first-order valence-corrected chi connectivity index (χ1v) is 13.7. The Labute approximate surface area is 218 Å². The van der Waals surface area contributed by atoms with Crippen LogP contribution in [0.15, 0.2) is 41.6 Å². The van der Waals surface area contributed by atoms with Gasteiger partial charge in [-0.05, 0) is 23.3 Å². The van der Waals surface area contributed by atoms with Crippen molar-refractivity contribution < 1.29 is 40.3 Å². The van der Waals surface area contributed by atoms with Crippen LogP contribution in [0.1, 0.15) is 29.2 Å². The third-order valence-corrected chi connectivity index (χ3v) is 7.99. The van der Waals surface area contributed by atoms with Gasteiger partial charge in [0, 0.05) is 18.2 Å². The first-order valence-electron chi connectivity index (χ1n) is 10.9. The monoisotopic (exact) mass is 580 g/mol. The summed E-state index contributed by atoms with van der Waals surface area (Å²) in [5.41, 5.74) is -3.40. The number of carbonyl (C=O) groups excluding carboxylic acids is 1. The molecule has 1 unspecified atom stereocenters. The maximum Gasteiger partial charge on any atom is 0.435 e. The molecule has 0 radical (unpaired) electrons. The Morgan fingerprint density at radius 2 is 1.81 bits per heavy atom. The van der Waals surface area contributed by atoms with E-state index in [9.17, 15) is 30.8 Å². The number of sulfone groups is 1. The number of halogens is 6. The molecule has 1 amide bonds. The first-order chi connectivity index (χ1) is 17.2. The molecule has 3 aliphatic rings. The lowest BCUT2D eigenvalue weighted by atomic mass is 9.83. The number of benzene rings is 2. The van der Waals surface area contributed by atoms with Gasteiger partial charge in [-0.1, -0.05) is 52.6 Å². The fraction of sp³-hybridized carbons (Fsp3) is 0.391. The van der Waals surface area contributed by atoms with Crippen LogP contribution in [0.4, 0.5) is 17.6 Å². The van der Waals surface area contributed by atoms with E-state index in [4.69, 9.17) is 32.8 Å². The highest BCUT2D eigenvalue weighted by atomic mass is 35.5. The SMILES string of the molecule is CS(=O)(=O)CC(=O)N1CC2(C1)OC(C1=NO[C@@](c3cc(Cl)c(F)c(Cl)c3)(C(F)(F)F)C1)c1ccccc12. The van der Waals surface area contributed by atoms with Crippen LogP contribution in [-0.2, 0) is 35.4 Å². The number of rotatable bonds is 4. The average Bonchev–Trinajstić information content (AvgIpc) is 3.36. The van der Waals surface area contributed by atoms with E-state index in [-0.39, 0.29) is 18.8 Å². The molecule has 2 aromatic carbocycles. The van der Waals surface area contributed by atoms with Crippen LogP contribution in [0.2, 0.25) is 10.0 Å². The van der Waals surface area contributed by atoms with Crippen molar-refractivity contribution in [3.63, 3.8) is 0 Å². The Balaban J connectivity index is 1.44. The lowest BCUT2D eigenvalue weighted by molar-refractivity contribution is -0.275. The van der Waals surface area contributed by atoms with Gasteiger partial charge in [-0.3, -0.25) is 4.79 Å². The number of oxime groups is 1. The quantitative estimate of drug-likeness (QED) is 0.392. The van der Waals surface area contributed by atoms with Crippen LogP contribution in [0.25, 0.3) is 0 Å². The molecule has 5 rings (SSSR count). The lowest BCUT2D eigenvalue weighted by Crippen LogP contribution is -2.62. The summed E-state index contributed by atoms with van der Waals surface area (Å²) in [5.74, 6) is -2.31. The van der Waals surface area contributed by atoms with Crippen molar-refractivity contribution in [3.8, 4) is 0 Å². The second kappa shape index (κ2) is 8.55. The van der Waals surface area contributed by atoms with Gasteiger partial charge in [-0.2, -0.15) is 13.2 Å². The number of fused-ring (bicyclic) bond motifs is 2. The number of alkyl halides is 3. The van der Waals surface area contributed by atoms with Crippen LogP contribution in [-0.4, -0.2) is 56.2 Å². The molecule has 3 aliphatic heterocycles. The number of likely N-dealkylation sites (tertiary alicyclic amines) is 1. The highest BCUT2D eigenvalue weighted by Crippen LogP contribution is 2.55. The maximum atomic E-state index is 14.4. The number of carbonyl (C=O) groups is 1. The van der Waals surface area contributed by atoms with Gasteiger partial charge in [0.2, 0.25) is 5.91 Å². The van der Waals surface area contributed by atoms with Crippen molar-refractivity contribution in [3.05, 3.63) is 69.0 Å². The van der Waals surface area contributed by atoms with E-state index in [1.54, 1.807) is 24.3 Å². The van der Waals surface area contributed by atoms with Crippen molar-refractivity contribution >= 4 is 44.7 Å². The Morgan fingerprint density at radius 3 is 2.41 bits per heavy atom. The molecule has 1 fully saturated rings. The van der Waals surface area contributed by atoms with Gasteiger partial charge in [0.25, 0.3) is 5.60 Å². The molecule has 0 aromatic heterocycles. The normalized spacial score (nSPS) is 24.5. The van der Waals surface area contributed by atoms with Gasteiger partial charge >= 0.3 is 6.18 Å². The first kappa shape index (κ1) is 26.2. The van der Waals surface area contributed by atoms with E-state index < -0.39 is 72.8 Å². The van der Waals surface area contributed by atoms with E-state index in [1.165, 1.54) is 4.90 Å². The number of hydrogen-bond donors (Lipinski definition) is 0. The number of nitrogens with zero attached hydrogens (tertiary/aromatic N) is 2. The average molecular weight is 581 g/mol. The fourth-order valence-corrected chi connectivity index (χ4v) is 6.02. The van der Waals surface area contributed by atoms with Crippen molar-refractivity contribution in [1.82, 2.24) is 4.90 Å². The lowest BCUT2D eigenvalue weighted by Gasteiger charge is -2.47. The van der Waals surface area contributed by atoms with Crippen LogP contribution in [0.5, 0.6) is 0 Å². The van der Waals surface area contributed by atoms with Crippen molar-refractivity contribution in [2.75, 3.05) is 25.1 Å². The summed E-state index contributed by atoms with van der Waals surface area (Å²) in [4.78, 5) is 18.7. The van der Waals surface area contributed by atoms with Gasteiger partial charge in [-0.15, -0.1) is 0 Å².